The summed E-state index contributed by atoms with van der Waals surface area (Å²) in [6.45, 7) is 4.40. The van der Waals surface area contributed by atoms with Gasteiger partial charge in [0, 0.05) is 6.54 Å². The quantitative estimate of drug-likeness (QED) is 0.607. The summed E-state index contributed by atoms with van der Waals surface area (Å²) in [5, 5.41) is 12.5. The number of hydrogen-bond acceptors (Lipinski definition) is 2. The highest BCUT2D eigenvalue weighted by atomic mass is 35.5. The molecule has 0 aliphatic heterocycles. The molecule has 3 heteroatoms. The van der Waals surface area contributed by atoms with Crippen LogP contribution in [0.3, 0.4) is 0 Å². The number of nitriles is 1. The molecule has 1 aromatic carbocycles. The maximum Gasteiger partial charge on any atom is 0.0992 e. The van der Waals surface area contributed by atoms with Gasteiger partial charge in [-0.25, -0.2) is 0 Å². The van der Waals surface area contributed by atoms with Gasteiger partial charge in [-0.1, -0.05) is 17.7 Å². The van der Waals surface area contributed by atoms with Gasteiger partial charge < -0.3 is 5.32 Å². The molecular formula is C11H11ClN2. The van der Waals surface area contributed by atoms with Gasteiger partial charge in [0.2, 0.25) is 0 Å². The minimum absolute atomic E-state index is 0.607. The van der Waals surface area contributed by atoms with Gasteiger partial charge in [-0.05, 0) is 24.6 Å². The van der Waals surface area contributed by atoms with E-state index in [-0.39, 0.29) is 0 Å². The molecule has 14 heavy (non-hydrogen) atoms. The molecule has 1 aromatic rings. The summed E-state index contributed by atoms with van der Waals surface area (Å²) in [6.07, 6.45) is 2.70. The largest absolute Gasteiger partial charge is 0.383 e. The Kier molecular flexibility index (Phi) is 4.03. The summed E-state index contributed by atoms with van der Waals surface area (Å²) in [5.41, 5.74) is 1.41. The molecule has 0 unspecified atom stereocenters. The van der Waals surface area contributed by atoms with Crippen molar-refractivity contribution in [1.82, 2.24) is 0 Å². The Morgan fingerprint density at radius 2 is 2.36 bits per heavy atom. The van der Waals surface area contributed by atoms with Crippen molar-refractivity contribution in [3.63, 3.8) is 0 Å². The van der Waals surface area contributed by atoms with Crippen molar-refractivity contribution >= 4 is 17.3 Å². The minimum atomic E-state index is 0.607. The third-order valence-electron chi connectivity index (χ3n) is 1.76. The first-order valence-corrected chi connectivity index (χ1v) is 4.70. The number of anilines is 1. The van der Waals surface area contributed by atoms with Crippen LogP contribution in [0.4, 0.5) is 5.69 Å². The van der Waals surface area contributed by atoms with E-state index in [1.165, 1.54) is 0 Å². The highest BCUT2D eigenvalue weighted by Crippen LogP contribution is 2.22. The fourth-order valence-corrected chi connectivity index (χ4v) is 1.22. The third-order valence-corrected chi connectivity index (χ3v) is 2.09. The zero-order chi connectivity index (χ0) is 10.4. The number of nitrogens with zero attached hydrogens (tertiary/aromatic N) is 1. The van der Waals surface area contributed by atoms with Gasteiger partial charge in [0.1, 0.15) is 0 Å². The zero-order valence-corrected chi connectivity index (χ0v) is 8.51. The molecule has 0 aliphatic carbocycles. The first kappa shape index (κ1) is 10.6. The minimum Gasteiger partial charge on any atom is -0.383 e. The van der Waals surface area contributed by atoms with Crippen LogP contribution < -0.4 is 5.32 Å². The van der Waals surface area contributed by atoms with Gasteiger partial charge in [-0.3, -0.25) is 0 Å². The Labute approximate surface area is 88.8 Å². The Bertz CT molecular complexity index is 366. The van der Waals surface area contributed by atoms with Crippen molar-refractivity contribution in [2.45, 2.75) is 6.42 Å². The fraction of sp³-hybridized carbons (Fsp3) is 0.182. The molecule has 0 radical (unpaired) electrons. The molecular weight excluding hydrogens is 196 g/mol. The van der Waals surface area contributed by atoms with Crippen LogP contribution in [0.25, 0.3) is 0 Å². The Morgan fingerprint density at radius 3 is 3.00 bits per heavy atom. The summed E-state index contributed by atoms with van der Waals surface area (Å²) in [7, 11) is 0. The Balaban J connectivity index is 2.74. The molecule has 0 aromatic heterocycles. The van der Waals surface area contributed by atoms with E-state index in [4.69, 9.17) is 16.9 Å². The first-order chi connectivity index (χ1) is 6.77. The summed E-state index contributed by atoms with van der Waals surface area (Å²) in [6, 6.07) is 7.22. The second-order valence-electron chi connectivity index (χ2n) is 2.81. The monoisotopic (exact) mass is 206 g/mol. The Hall–Kier alpha value is -1.46. The van der Waals surface area contributed by atoms with E-state index in [0.29, 0.717) is 10.6 Å². The zero-order valence-electron chi connectivity index (χ0n) is 7.76. The number of benzene rings is 1. The highest BCUT2D eigenvalue weighted by molar-refractivity contribution is 6.33. The van der Waals surface area contributed by atoms with Crippen LogP contribution >= 0.6 is 11.6 Å². The van der Waals surface area contributed by atoms with Crippen molar-refractivity contribution in [2.24, 2.45) is 0 Å². The molecule has 2 nitrogen and oxygen atoms in total. The van der Waals surface area contributed by atoms with Gasteiger partial charge in [0.15, 0.2) is 0 Å². The van der Waals surface area contributed by atoms with Crippen molar-refractivity contribution in [3.8, 4) is 6.07 Å². The van der Waals surface area contributed by atoms with Crippen LogP contribution in [0.15, 0.2) is 30.9 Å². The molecule has 0 amide bonds. The Morgan fingerprint density at radius 1 is 1.57 bits per heavy atom. The average molecular weight is 207 g/mol. The van der Waals surface area contributed by atoms with Crippen molar-refractivity contribution in [1.29, 1.82) is 5.26 Å². The average Bonchev–Trinajstić information content (AvgIpc) is 2.21. The van der Waals surface area contributed by atoms with Gasteiger partial charge in [0.05, 0.1) is 22.3 Å². The lowest BCUT2D eigenvalue weighted by molar-refractivity contribution is 1.07. The van der Waals surface area contributed by atoms with E-state index in [9.17, 15) is 0 Å². The molecule has 1 rings (SSSR count). The maximum atomic E-state index is 8.69. The topological polar surface area (TPSA) is 35.8 Å². The smallest absolute Gasteiger partial charge is 0.0992 e. The molecule has 0 saturated carbocycles. The SMILES string of the molecule is C=CCCNc1cc(C#N)ccc1Cl. The summed E-state index contributed by atoms with van der Waals surface area (Å²) < 4.78 is 0. The number of rotatable bonds is 4. The van der Waals surface area contributed by atoms with Gasteiger partial charge in [0.25, 0.3) is 0 Å². The standard InChI is InChI=1S/C11H11ClN2/c1-2-3-6-14-11-7-9(8-13)4-5-10(11)12/h2,4-5,7,14H,1,3,6H2. The molecule has 0 saturated heterocycles. The van der Waals surface area contributed by atoms with Crippen molar-refractivity contribution in [3.05, 3.63) is 41.4 Å². The summed E-state index contributed by atoms with van der Waals surface area (Å²) in [4.78, 5) is 0. The van der Waals surface area contributed by atoms with E-state index in [1.54, 1.807) is 18.2 Å². The summed E-state index contributed by atoms with van der Waals surface area (Å²) in [5.74, 6) is 0. The van der Waals surface area contributed by atoms with E-state index in [0.717, 1.165) is 18.7 Å². The number of nitrogens with one attached hydrogen (secondary N) is 1. The third kappa shape index (κ3) is 2.79. The lowest BCUT2D eigenvalue weighted by atomic mass is 10.2. The first-order valence-electron chi connectivity index (χ1n) is 4.32. The lowest BCUT2D eigenvalue weighted by Crippen LogP contribution is -2.00. The molecule has 0 bridgehead atoms. The van der Waals surface area contributed by atoms with Crippen LogP contribution in [-0.4, -0.2) is 6.54 Å². The normalized spacial score (nSPS) is 9.14. The molecule has 72 valence electrons. The highest BCUT2D eigenvalue weighted by Gasteiger charge is 2.00. The second kappa shape index (κ2) is 5.31. The fourth-order valence-electron chi connectivity index (χ4n) is 1.04. The van der Waals surface area contributed by atoms with E-state index >= 15 is 0 Å². The van der Waals surface area contributed by atoms with Gasteiger partial charge in [-0.15, -0.1) is 6.58 Å². The van der Waals surface area contributed by atoms with E-state index in [2.05, 4.69) is 18.0 Å². The number of halogens is 1. The van der Waals surface area contributed by atoms with Crippen LogP contribution in [0.2, 0.25) is 5.02 Å². The van der Waals surface area contributed by atoms with Gasteiger partial charge >= 0.3 is 0 Å². The predicted molar refractivity (Wildman–Crippen MR) is 59.5 cm³/mol. The summed E-state index contributed by atoms with van der Waals surface area (Å²) >= 11 is 5.93. The van der Waals surface area contributed by atoms with E-state index in [1.807, 2.05) is 6.08 Å². The van der Waals surface area contributed by atoms with Crippen molar-refractivity contribution < 1.29 is 0 Å². The molecule has 0 spiro atoms. The van der Waals surface area contributed by atoms with Crippen LogP contribution in [0.1, 0.15) is 12.0 Å². The number of hydrogen-bond donors (Lipinski definition) is 1. The second-order valence-corrected chi connectivity index (χ2v) is 3.22. The molecule has 0 fully saturated rings. The predicted octanol–water partition coefficient (Wildman–Crippen LogP) is 3.20. The van der Waals surface area contributed by atoms with Gasteiger partial charge in [-0.2, -0.15) is 5.26 Å². The molecule has 0 heterocycles. The molecule has 1 N–H and O–H groups in total. The van der Waals surface area contributed by atoms with Crippen LogP contribution in [0.5, 0.6) is 0 Å². The molecule has 0 atom stereocenters. The van der Waals surface area contributed by atoms with Crippen LogP contribution in [0, 0.1) is 11.3 Å². The maximum absolute atomic E-state index is 8.69. The van der Waals surface area contributed by atoms with Crippen molar-refractivity contribution in [2.75, 3.05) is 11.9 Å². The van der Waals surface area contributed by atoms with Crippen LogP contribution in [-0.2, 0) is 0 Å². The van der Waals surface area contributed by atoms with E-state index < -0.39 is 0 Å². The lowest BCUT2D eigenvalue weighted by Gasteiger charge is -2.06. The molecule has 0 aliphatic rings.